The van der Waals surface area contributed by atoms with Gasteiger partial charge < -0.3 is 10.6 Å². The SMILES string of the molecule is O=C(Nc1ccnc2cc(-c3ccnc(I)c3)cnc12)NC1CC1. The lowest BCUT2D eigenvalue weighted by molar-refractivity contribution is 0.251. The topological polar surface area (TPSA) is 79.8 Å². The average molecular weight is 431 g/mol. The minimum Gasteiger partial charge on any atom is -0.335 e. The first-order valence-corrected chi connectivity index (χ1v) is 8.71. The molecule has 3 aromatic heterocycles. The molecule has 1 aliphatic carbocycles. The molecule has 0 radical (unpaired) electrons. The molecule has 120 valence electrons. The van der Waals surface area contributed by atoms with Crippen LogP contribution in [0.15, 0.2) is 42.9 Å². The summed E-state index contributed by atoms with van der Waals surface area (Å²) in [5, 5.41) is 5.77. The Morgan fingerprint density at radius 1 is 1.08 bits per heavy atom. The number of aromatic nitrogens is 3. The molecule has 0 spiro atoms. The third-order valence-electron chi connectivity index (χ3n) is 3.80. The fourth-order valence-electron chi connectivity index (χ4n) is 2.44. The maximum atomic E-state index is 12.0. The number of nitrogens with zero attached hydrogens (tertiary/aromatic N) is 3. The van der Waals surface area contributed by atoms with Crippen molar-refractivity contribution in [3.63, 3.8) is 0 Å². The van der Waals surface area contributed by atoms with Crippen molar-refractivity contribution >= 4 is 45.3 Å². The fraction of sp³-hybridized carbons (Fsp3) is 0.176. The molecule has 1 fully saturated rings. The molecule has 0 unspecified atom stereocenters. The number of pyridine rings is 3. The normalized spacial score (nSPS) is 13.7. The van der Waals surface area contributed by atoms with Crippen molar-refractivity contribution in [3.05, 3.63) is 46.6 Å². The lowest BCUT2D eigenvalue weighted by Gasteiger charge is -2.09. The van der Waals surface area contributed by atoms with Gasteiger partial charge in [0, 0.05) is 30.2 Å². The Morgan fingerprint density at radius 2 is 1.92 bits per heavy atom. The van der Waals surface area contributed by atoms with Gasteiger partial charge in [0.25, 0.3) is 0 Å². The fourth-order valence-corrected chi connectivity index (χ4v) is 2.94. The molecule has 1 aliphatic rings. The van der Waals surface area contributed by atoms with Crippen molar-refractivity contribution in [1.29, 1.82) is 0 Å². The summed E-state index contributed by atoms with van der Waals surface area (Å²) in [6, 6.07) is 7.78. The van der Waals surface area contributed by atoms with Crippen LogP contribution in [0.4, 0.5) is 10.5 Å². The van der Waals surface area contributed by atoms with Crippen LogP contribution in [0.25, 0.3) is 22.2 Å². The maximum absolute atomic E-state index is 12.0. The molecule has 0 aromatic carbocycles. The predicted octanol–water partition coefficient (Wildman–Crippen LogP) is 3.58. The average Bonchev–Trinajstić information content (AvgIpc) is 3.38. The lowest BCUT2D eigenvalue weighted by atomic mass is 10.1. The largest absolute Gasteiger partial charge is 0.335 e. The van der Waals surface area contributed by atoms with Gasteiger partial charge in [-0.1, -0.05) is 0 Å². The Hall–Kier alpha value is -2.29. The quantitative estimate of drug-likeness (QED) is 0.491. The molecule has 24 heavy (non-hydrogen) atoms. The van der Waals surface area contributed by atoms with Crippen molar-refractivity contribution in [2.24, 2.45) is 0 Å². The van der Waals surface area contributed by atoms with E-state index in [9.17, 15) is 4.79 Å². The van der Waals surface area contributed by atoms with Crippen LogP contribution in [-0.2, 0) is 0 Å². The van der Waals surface area contributed by atoms with Crippen LogP contribution < -0.4 is 10.6 Å². The zero-order chi connectivity index (χ0) is 16.5. The third kappa shape index (κ3) is 3.30. The third-order valence-corrected chi connectivity index (χ3v) is 4.39. The summed E-state index contributed by atoms with van der Waals surface area (Å²) in [6.45, 7) is 0. The van der Waals surface area contributed by atoms with Crippen molar-refractivity contribution in [3.8, 4) is 11.1 Å². The molecule has 0 atom stereocenters. The summed E-state index contributed by atoms with van der Waals surface area (Å²) in [5.41, 5.74) is 4.08. The minimum absolute atomic E-state index is 0.195. The highest BCUT2D eigenvalue weighted by Crippen LogP contribution is 2.26. The molecular formula is C17H14IN5O. The molecular weight excluding hydrogens is 417 g/mol. The summed E-state index contributed by atoms with van der Waals surface area (Å²) in [4.78, 5) is 25.0. The summed E-state index contributed by atoms with van der Waals surface area (Å²) in [6.07, 6.45) is 7.35. The Labute approximate surface area is 152 Å². The number of anilines is 1. The molecule has 4 rings (SSSR count). The maximum Gasteiger partial charge on any atom is 0.319 e. The van der Waals surface area contributed by atoms with Gasteiger partial charge in [0.2, 0.25) is 0 Å². The van der Waals surface area contributed by atoms with Crippen molar-refractivity contribution in [2.45, 2.75) is 18.9 Å². The summed E-state index contributed by atoms with van der Waals surface area (Å²) >= 11 is 2.18. The first-order valence-electron chi connectivity index (χ1n) is 7.63. The van der Waals surface area contributed by atoms with Gasteiger partial charge in [0.15, 0.2) is 0 Å². The van der Waals surface area contributed by atoms with Crippen molar-refractivity contribution < 1.29 is 4.79 Å². The van der Waals surface area contributed by atoms with Gasteiger partial charge >= 0.3 is 6.03 Å². The number of urea groups is 1. The molecule has 2 N–H and O–H groups in total. The van der Waals surface area contributed by atoms with Crippen LogP contribution in [0.3, 0.4) is 0 Å². The number of fused-ring (bicyclic) bond motifs is 1. The van der Waals surface area contributed by atoms with E-state index in [4.69, 9.17) is 0 Å². The van der Waals surface area contributed by atoms with Crippen LogP contribution in [-0.4, -0.2) is 27.0 Å². The van der Waals surface area contributed by atoms with Crippen LogP contribution in [0.2, 0.25) is 0 Å². The zero-order valence-electron chi connectivity index (χ0n) is 12.7. The zero-order valence-corrected chi connectivity index (χ0v) is 14.8. The molecule has 0 bridgehead atoms. The van der Waals surface area contributed by atoms with Crippen LogP contribution in [0.5, 0.6) is 0 Å². The molecule has 2 amide bonds. The number of amides is 2. The second kappa shape index (κ2) is 6.31. The highest BCUT2D eigenvalue weighted by molar-refractivity contribution is 14.1. The van der Waals surface area contributed by atoms with E-state index in [2.05, 4.69) is 48.2 Å². The monoisotopic (exact) mass is 431 g/mol. The summed E-state index contributed by atoms with van der Waals surface area (Å²) in [5.74, 6) is 0. The number of rotatable bonds is 3. The summed E-state index contributed by atoms with van der Waals surface area (Å²) < 4.78 is 0.922. The lowest BCUT2D eigenvalue weighted by Crippen LogP contribution is -2.30. The van der Waals surface area contributed by atoms with Gasteiger partial charge in [-0.25, -0.2) is 4.79 Å². The Bertz CT molecular complexity index is 926. The standard InChI is InChI=1S/C17H14IN5O/c18-15-8-10(3-5-20-15)11-7-14-16(21-9-11)13(4-6-19-14)23-17(24)22-12-1-2-12/h3-9,12H,1-2H2,(H2,19,22,23,24). The Morgan fingerprint density at radius 3 is 2.71 bits per heavy atom. The van der Waals surface area contributed by atoms with Crippen molar-refractivity contribution in [2.75, 3.05) is 5.32 Å². The highest BCUT2D eigenvalue weighted by Gasteiger charge is 2.23. The van der Waals surface area contributed by atoms with E-state index >= 15 is 0 Å². The molecule has 1 saturated carbocycles. The molecule has 6 nitrogen and oxygen atoms in total. The van der Waals surface area contributed by atoms with Crippen LogP contribution >= 0.6 is 22.6 Å². The first kappa shape index (κ1) is 15.3. The molecule has 7 heteroatoms. The molecule has 3 aromatic rings. The van der Waals surface area contributed by atoms with Gasteiger partial charge in [-0.05, 0) is 65.3 Å². The number of hydrogen-bond donors (Lipinski definition) is 2. The first-order chi connectivity index (χ1) is 11.7. The van der Waals surface area contributed by atoms with Crippen molar-refractivity contribution in [1.82, 2.24) is 20.3 Å². The smallest absolute Gasteiger partial charge is 0.319 e. The van der Waals surface area contributed by atoms with E-state index in [1.165, 1.54) is 0 Å². The van der Waals surface area contributed by atoms with Crippen LogP contribution in [0.1, 0.15) is 12.8 Å². The Kier molecular flexibility index (Phi) is 4.01. The van der Waals surface area contributed by atoms with Gasteiger partial charge in [0.05, 0.1) is 11.2 Å². The van der Waals surface area contributed by atoms with E-state index in [1.54, 1.807) is 24.7 Å². The van der Waals surface area contributed by atoms with E-state index in [0.29, 0.717) is 17.2 Å². The molecule has 0 aliphatic heterocycles. The minimum atomic E-state index is -0.195. The summed E-state index contributed by atoms with van der Waals surface area (Å²) in [7, 11) is 0. The van der Waals surface area contributed by atoms with E-state index in [1.807, 2.05) is 18.2 Å². The van der Waals surface area contributed by atoms with Gasteiger partial charge in [-0.3, -0.25) is 15.0 Å². The number of nitrogens with one attached hydrogen (secondary N) is 2. The number of halogens is 1. The highest BCUT2D eigenvalue weighted by atomic mass is 127. The molecule has 3 heterocycles. The number of carbonyl (C=O) groups excluding carboxylic acids is 1. The van der Waals surface area contributed by atoms with E-state index in [0.717, 1.165) is 33.2 Å². The number of hydrogen-bond acceptors (Lipinski definition) is 4. The second-order valence-electron chi connectivity index (χ2n) is 5.69. The van der Waals surface area contributed by atoms with E-state index in [-0.39, 0.29) is 6.03 Å². The second-order valence-corrected chi connectivity index (χ2v) is 6.80. The van der Waals surface area contributed by atoms with E-state index < -0.39 is 0 Å². The van der Waals surface area contributed by atoms with Crippen LogP contribution in [0, 0.1) is 3.70 Å². The molecule has 0 saturated heterocycles. The van der Waals surface area contributed by atoms with Gasteiger partial charge in [0.1, 0.15) is 9.22 Å². The predicted molar refractivity (Wildman–Crippen MR) is 101 cm³/mol. The van der Waals surface area contributed by atoms with Gasteiger partial charge in [-0.2, -0.15) is 0 Å². The number of carbonyl (C=O) groups is 1. The van der Waals surface area contributed by atoms with Gasteiger partial charge in [-0.15, -0.1) is 0 Å². The Balaban J connectivity index is 1.66.